The molecule has 0 atom stereocenters. The third kappa shape index (κ3) is 6.59. The van der Waals surface area contributed by atoms with Gasteiger partial charge in [0.25, 0.3) is 0 Å². The summed E-state index contributed by atoms with van der Waals surface area (Å²) in [7, 11) is -2.74. The zero-order valence-corrected chi connectivity index (χ0v) is 35.3. The summed E-state index contributed by atoms with van der Waals surface area (Å²) in [5.41, 5.74) is 15.7. The first-order valence-electron chi connectivity index (χ1n) is 21.4. The molecule has 2 heteroatoms. The lowest BCUT2D eigenvalue weighted by Crippen LogP contribution is -2.72. The molecular weight excluding hydrogens is 763 g/mol. The standard InChI is InChI=1S/C60H43NSi/c1-6-16-44(17-7-1)47-26-34-52(35-27-47)61(53-36-28-48(29-37-53)45-18-8-2-9-19-45)54-38-30-49(31-39-54)51-33-41-58-57-40-32-50(46-20-10-3-11-21-46)42-59(57)62(60(58)43-51,55-22-12-4-13-23-55)56-24-14-5-15-25-56/h1-43H. The summed E-state index contributed by atoms with van der Waals surface area (Å²) in [6.45, 7) is 0. The molecule has 1 heterocycles. The van der Waals surface area contributed by atoms with Gasteiger partial charge in [-0.25, -0.2) is 0 Å². The minimum absolute atomic E-state index is 1.10. The largest absolute Gasteiger partial charge is 0.311 e. The van der Waals surface area contributed by atoms with Crippen molar-refractivity contribution >= 4 is 45.9 Å². The van der Waals surface area contributed by atoms with Crippen molar-refractivity contribution in [1.82, 2.24) is 0 Å². The molecule has 0 radical (unpaired) electrons. The van der Waals surface area contributed by atoms with E-state index in [0.717, 1.165) is 17.1 Å². The first kappa shape index (κ1) is 37.2. The van der Waals surface area contributed by atoms with Gasteiger partial charge in [-0.2, -0.15) is 0 Å². The van der Waals surface area contributed by atoms with Gasteiger partial charge < -0.3 is 4.90 Å². The molecule has 0 unspecified atom stereocenters. The van der Waals surface area contributed by atoms with Gasteiger partial charge in [0.1, 0.15) is 0 Å². The van der Waals surface area contributed by atoms with Crippen LogP contribution in [0.2, 0.25) is 0 Å². The monoisotopic (exact) mass is 805 g/mol. The molecule has 0 saturated carbocycles. The third-order valence-corrected chi connectivity index (χ3v) is 17.4. The number of anilines is 3. The smallest absolute Gasteiger partial charge is 0.180 e. The van der Waals surface area contributed by atoms with Gasteiger partial charge in [-0.3, -0.25) is 0 Å². The van der Waals surface area contributed by atoms with E-state index in [9.17, 15) is 0 Å². The lowest BCUT2D eigenvalue weighted by atomic mass is 9.98. The van der Waals surface area contributed by atoms with Crippen LogP contribution in [0.1, 0.15) is 0 Å². The maximum atomic E-state index is 2.52. The quantitative estimate of drug-likeness (QED) is 0.131. The van der Waals surface area contributed by atoms with E-state index >= 15 is 0 Å². The van der Waals surface area contributed by atoms with Crippen molar-refractivity contribution < 1.29 is 0 Å². The summed E-state index contributed by atoms with van der Waals surface area (Å²) in [5.74, 6) is 0. The summed E-state index contributed by atoms with van der Waals surface area (Å²) in [6.07, 6.45) is 0. The van der Waals surface area contributed by atoms with E-state index in [-0.39, 0.29) is 0 Å². The molecule has 0 N–H and O–H groups in total. The highest BCUT2D eigenvalue weighted by Crippen LogP contribution is 2.39. The maximum absolute atomic E-state index is 2.74. The van der Waals surface area contributed by atoms with Gasteiger partial charge in [0.15, 0.2) is 8.07 Å². The molecule has 0 aliphatic carbocycles. The molecule has 0 saturated heterocycles. The van der Waals surface area contributed by atoms with Crippen molar-refractivity contribution in [3.8, 4) is 55.6 Å². The van der Waals surface area contributed by atoms with E-state index in [1.165, 1.54) is 76.4 Å². The van der Waals surface area contributed by atoms with Crippen LogP contribution in [0.25, 0.3) is 55.6 Å². The molecule has 0 amide bonds. The van der Waals surface area contributed by atoms with Crippen molar-refractivity contribution in [3.05, 3.63) is 261 Å². The Bertz CT molecular complexity index is 2990. The van der Waals surface area contributed by atoms with Crippen molar-refractivity contribution in [2.75, 3.05) is 4.90 Å². The van der Waals surface area contributed by atoms with Crippen LogP contribution >= 0.6 is 0 Å². The molecule has 1 aliphatic heterocycles. The average molecular weight is 806 g/mol. The first-order valence-corrected chi connectivity index (χ1v) is 23.4. The summed E-state index contributed by atoms with van der Waals surface area (Å²) in [4.78, 5) is 2.36. The van der Waals surface area contributed by atoms with Gasteiger partial charge >= 0.3 is 0 Å². The Balaban J connectivity index is 1.02. The van der Waals surface area contributed by atoms with Gasteiger partial charge in [0, 0.05) is 17.1 Å². The van der Waals surface area contributed by atoms with Gasteiger partial charge in [-0.1, -0.05) is 224 Å². The lowest BCUT2D eigenvalue weighted by Gasteiger charge is -2.32. The molecule has 0 bridgehead atoms. The van der Waals surface area contributed by atoms with Crippen LogP contribution in [0.4, 0.5) is 17.1 Å². The Morgan fingerprint density at radius 1 is 0.226 bits per heavy atom. The first-order chi connectivity index (χ1) is 30.7. The Morgan fingerprint density at radius 2 is 0.484 bits per heavy atom. The van der Waals surface area contributed by atoms with E-state index < -0.39 is 8.07 Å². The lowest BCUT2D eigenvalue weighted by molar-refractivity contribution is 1.28. The van der Waals surface area contributed by atoms with Gasteiger partial charge in [0.05, 0.1) is 0 Å². The molecule has 10 aromatic rings. The highest BCUT2D eigenvalue weighted by molar-refractivity contribution is 7.22. The number of benzene rings is 10. The molecule has 0 fully saturated rings. The molecule has 11 rings (SSSR count). The van der Waals surface area contributed by atoms with Crippen molar-refractivity contribution in [2.24, 2.45) is 0 Å². The summed E-state index contributed by atoms with van der Waals surface area (Å²) in [5, 5.41) is 5.69. The van der Waals surface area contributed by atoms with E-state index in [4.69, 9.17) is 0 Å². The van der Waals surface area contributed by atoms with E-state index in [2.05, 4.69) is 266 Å². The molecule has 0 aromatic heterocycles. The number of nitrogens with zero attached hydrogens (tertiary/aromatic N) is 1. The highest BCUT2D eigenvalue weighted by atomic mass is 28.3. The second-order valence-corrected chi connectivity index (χ2v) is 19.8. The van der Waals surface area contributed by atoms with Crippen molar-refractivity contribution in [1.29, 1.82) is 0 Å². The average Bonchev–Trinajstić information content (AvgIpc) is 3.66. The van der Waals surface area contributed by atoms with Crippen LogP contribution < -0.4 is 25.6 Å². The van der Waals surface area contributed by atoms with E-state index in [0.29, 0.717) is 0 Å². The highest BCUT2D eigenvalue weighted by Gasteiger charge is 2.48. The Kier molecular flexibility index (Phi) is 9.61. The second-order valence-electron chi connectivity index (χ2n) is 16.1. The maximum Gasteiger partial charge on any atom is 0.180 e. The summed E-state index contributed by atoms with van der Waals surface area (Å²) >= 11 is 0. The molecule has 292 valence electrons. The fourth-order valence-electron chi connectivity index (χ4n) is 9.60. The van der Waals surface area contributed by atoms with Gasteiger partial charge in [-0.05, 0) is 113 Å². The third-order valence-electron chi connectivity index (χ3n) is 12.6. The number of hydrogen-bond acceptors (Lipinski definition) is 1. The molecular formula is C60H43NSi. The topological polar surface area (TPSA) is 3.24 Å². The minimum atomic E-state index is -2.74. The van der Waals surface area contributed by atoms with Crippen LogP contribution in [-0.4, -0.2) is 8.07 Å². The molecule has 1 nitrogen and oxygen atoms in total. The number of hydrogen-bond donors (Lipinski definition) is 0. The fraction of sp³-hybridized carbons (Fsp3) is 0. The van der Waals surface area contributed by atoms with Crippen LogP contribution in [0.3, 0.4) is 0 Å². The Morgan fingerprint density at radius 3 is 0.823 bits per heavy atom. The zero-order chi connectivity index (χ0) is 41.3. The fourth-order valence-corrected chi connectivity index (χ4v) is 14.8. The van der Waals surface area contributed by atoms with Crippen LogP contribution in [-0.2, 0) is 0 Å². The molecule has 10 aromatic carbocycles. The molecule has 62 heavy (non-hydrogen) atoms. The predicted octanol–water partition coefficient (Wildman–Crippen LogP) is 13.2. The predicted molar refractivity (Wildman–Crippen MR) is 265 cm³/mol. The minimum Gasteiger partial charge on any atom is -0.311 e. The summed E-state index contributed by atoms with van der Waals surface area (Å²) in [6, 6.07) is 96.0. The number of fused-ring (bicyclic) bond motifs is 3. The van der Waals surface area contributed by atoms with Crippen LogP contribution in [0.5, 0.6) is 0 Å². The zero-order valence-electron chi connectivity index (χ0n) is 34.3. The Labute approximate surface area is 365 Å². The molecule has 1 aliphatic rings. The van der Waals surface area contributed by atoms with Crippen LogP contribution in [0.15, 0.2) is 261 Å². The SMILES string of the molecule is c1ccc(-c2ccc(N(c3ccc(-c4ccccc4)cc3)c3ccc(-c4ccc5c(c4)[Si](c4ccccc4)(c4ccccc4)c4cc(-c6ccccc6)ccc4-5)cc3)cc2)cc1. The Hall–Kier alpha value is -7.78. The van der Waals surface area contributed by atoms with Crippen molar-refractivity contribution in [3.63, 3.8) is 0 Å². The summed E-state index contributed by atoms with van der Waals surface area (Å²) < 4.78 is 0. The van der Waals surface area contributed by atoms with E-state index in [1.54, 1.807) is 0 Å². The van der Waals surface area contributed by atoms with Gasteiger partial charge in [0.2, 0.25) is 0 Å². The van der Waals surface area contributed by atoms with Crippen molar-refractivity contribution in [2.45, 2.75) is 0 Å². The second kappa shape index (κ2) is 16.0. The van der Waals surface area contributed by atoms with Crippen LogP contribution in [0, 0.1) is 0 Å². The molecule has 0 spiro atoms. The normalized spacial score (nSPS) is 12.3. The van der Waals surface area contributed by atoms with E-state index in [1.807, 2.05) is 0 Å². The number of rotatable bonds is 9. The van der Waals surface area contributed by atoms with Gasteiger partial charge in [-0.15, -0.1) is 0 Å².